The maximum Gasteiger partial charge on any atom is 0.314 e. The summed E-state index contributed by atoms with van der Waals surface area (Å²) in [6.45, 7) is 4.06. The molecule has 0 aromatic heterocycles. The molecule has 0 radical (unpaired) electrons. The monoisotopic (exact) mass is 266 g/mol. The predicted octanol–water partition coefficient (Wildman–Crippen LogP) is 4.11. The molecule has 1 saturated carbocycles. The van der Waals surface area contributed by atoms with Crippen LogP contribution in [-0.2, 0) is 10.2 Å². The van der Waals surface area contributed by atoms with Crippen LogP contribution in [0, 0.1) is 5.41 Å². The first-order chi connectivity index (χ1) is 9.49. The molecule has 0 heterocycles. The van der Waals surface area contributed by atoms with E-state index in [0.717, 1.165) is 16.7 Å². The van der Waals surface area contributed by atoms with Crippen LogP contribution in [0.3, 0.4) is 0 Å². The topological polar surface area (TPSA) is 37.3 Å². The van der Waals surface area contributed by atoms with Gasteiger partial charge >= 0.3 is 5.97 Å². The van der Waals surface area contributed by atoms with Gasteiger partial charge in [-0.25, -0.2) is 0 Å². The van der Waals surface area contributed by atoms with Crippen molar-refractivity contribution in [2.75, 3.05) is 0 Å². The van der Waals surface area contributed by atoms with E-state index < -0.39 is 11.4 Å². The lowest BCUT2D eigenvalue weighted by Gasteiger charge is -2.20. The number of hydrogen-bond donors (Lipinski definition) is 1. The molecule has 0 amide bonds. The van der Waals surface area contributed by atoms with Crippen LogP contribution in [0.4, 0.5) is 0 Å². The number of carboxylic acid groups (broad SMARTS) is 1. The van der Waals surface area contributed by atoms with Crippen molar-refractivity contribution in [1.82, 2.24) is 0 Å². The molecule has 2 aromatic rings. The van der Waals surface area contributed by atoms with Gasteiger partial charge in [0.15, 0.2) is 0 Å². The summed E-state index contributed by atoms with van der Waals surface area (Å²) in [6, 6.07) is 17.9. The summed E-state index contributed by atoms with van der Waals surface area (Å²) < 4.78 is 0. The second kappa shape index (κ2) is 4.20. The second-order valence-corrected chi connectivity index (χ2v) is 6.18. The van der Waals surface area contributed by atoms with Crippen LogP contribution in [-0.4, -0.2) is 11.1 Å². The van der Waals surface area contributed by atoms with Gasteiger partial charge in [-0.3, -0.25) is 4.79 Å². The molecule has 2 nitrogen and oxygen atoms in total. The standard InChI is InChI=1S/C18H18O2/c1-17(2)12-18(17,16(19)20)15-11-7-6-10-14(15)13-8-4-3-5-9-13/h3-11H,12H2,1-2H3,(H,19,20). The molecule has 0 aliphatic heterocycles. The fraction of sp³-hybridized carbons (Fsp3) is 0.278. The van der Waals surface area contributed by atoms with Gasteiger partial charge in [-0.2, -0.15) is 0 Å². The van der Waals surface area contributed by atoms with Crippen molar-refractivity contribution in [1.29, 1.82) is 0 Å². The van der Waals surface area contributed by atoms with Crippen LogP contribution in [0.1, 0.15) is 25.8 Å². The van der Waals surface area contributed by atoms with Gasteiger partial charge in [0, 0.05) is 0 Å². The summed E-state index contributed by atoms with van der Waals surface area (Å²) in [6.07, 6.45) is 0.694. The van der Waals surface area contributed by atoms with E-state index in [1.165, 1.54) is 0 Å². The summed E-state index contributed by atoms with van der Waals surface area (Å²) >= 11 is 0. The van der Waals surface area contributed by atoms with Crippen molar-refractivity contribution in [2.45, 2.75) is 25.7 Å². The van der Waals surface area contributed by atoms with E-state index in [0.29, 0.717) is 6.42 Å². The highest BCUT2D eigenvalue weighted by Crippen LogP contribution is 2.65. The Balaban J connectivity index is 2.20. The fourth-order valence-corrected chi connectivity index (χ4v) is 3.28. The third kappa shape index (κ3) is 1.68. The van der Waals surface area contributed by atoms with E-state index in [4.69, 9.17) is 0 Å². The Hall–Kier alpha value is -2.09. The smallest absolute Gasteiger partial charge is 0.314 e. The van der Waals surface area contributed by atoms with Crippen LogP contribution in [0.25, 0.3) is 11.1 Å². The minimum absolute atomic E-state index is 0.191. The molecule has 1 unspecified atom stereocenters. The van der Waals surface area contributed by atoms with E-state index >= 15 is 0 Å². The van der Waals surface area contributed by atoms with Gasteiger partial charge < -0.3 is 5.11 Å². The lowest BCUT2D eigenvalue weighted by molar-refractivity contribution is -0.141. The number of hydrogen-bond acceptors (Lipinski definition) is 1. The zero-order chi connectivity index (χ0) is 14.4. The molecule has 1 fully saturated rings. The molecule has 1 aliphatic rings. The minimum atomic E-state index is -0.751. The zero-order valence-corrected chi connectivity index (χ0v) is 11.8. The van der Waals surface area contributed by atoms with Gasteiger partial charge in [0.2, 0.25) is 0 Å². The predicted molar refractivity (Wildman–Crippen MR) is 79.6 cm³/mol. The summed E-state index contributed by atoms with van der Waals surface area (Å²) in [4.78, 5) is 11.9. The average molecular weight is 266 g/mol. The lowest BCUT2D eigenvalue weighted by atomic mass is 9.83. The maximum atomic E-state index is 11.9. The molecule has 2 aromatic carbocycles. The van der Waals surface area contributed by atoms with Crippen molar-refractivity contribution in [3.8, 4) is 11.1 Å². The molecule has 1 atom stereocenters. The molecule has 0 bridgehead atoms. The van der Waals surface area contributed by atoms with Gasteiger partial charge in [-0.1, -0.05) is 68.4 Å². The van der Waals surface area contributed by atoms with Crippen molar-refractivity contribution in [3.05, 3.63) is 60.2 Å². The summed E-state index contributed by atoms with van der Waals surface area (Å²) in [5.74, 6) is -0.717. The van der Waals surface area contributed by atoms with E-state index in [2.05, 4.69) is 0 Å². The fourth-order valence-electron chi connectivity index (χ4n) is 3.28. The van der Waals surface area contributed by atoms with Gasteiger partial charge in [0.25, 0.3) is 0 Å². The van der Waals surface area contributed by atoms with Crippen LogP contribution in [0.5, 0.6) is 0 Å². The van der Waals surface area contributed by atoms with Crippen molar-refractivity contribution >= 4 is 5.97 Å². The van der Waals surface area contributed by atoms with E-state index in [-0.39, 0.29) is 5.41 Å². The third-order valence-electron chi connectivity index (χ3n) is 4.57. The Morgan fingerprint density at radius 1 is 1.00 bits per heavy atom. The Morgan fingerprint density at radius 2 is 1.55 bits per heavy atom. The number of benzene rings is 2. The minimum Gasteiger partial charge on any atom is -0.481 e. The van der Waals surface area contributed by atoms with Crippen LogP contribution < -0.4 is 0 Å². The van der Waals surface area contributed by atoms with Crippen molar-refractivity contribution in [3.63, 3.8) is 0 Å². The Morgan fingerprint density at radius 3 is 2.10 bits per heavy atom. The van der Waals surface area contributed by atoms with Crippen LogP contribution >= 0.6 is 0 Å². The normalized spacial score (nSPS) is 23.3. The number of aliphatic carboxylic acids is 1. The van der Waals surface area contributed by atoms with E-state index in [9.17, 15) is 9.90 Å². The third-order valence-corrected chi connectivity index (χ3v) is 4.57. The largest absolute Gasteiger partial charge is 0.481 e. The molecular weight excluding hydrogens is 248 g/mol. The van der Waals surface area contributed by atoms with Crippen LogP contribution in [0.2, 0.25) is 0 Å². The lowest BCUT2D eigenvalue weighted by Crippen LogP contribution is -2.26. The first kappa shape index (κ1) is 12.9. The molecule has 0 spiro atoms. The Kier molecular flexibility index (Phi) is 2.72. The Bertz CT molecular complexity index is 658. The van der Waals surface area contributed by atoms with Crippen LogP contribution in [0.15, 0.2) is 54.6 Å². The number of carboxylic acids is 1. The summed E-state index contributed by atoms with van der Waals surface area (Å²) in [5.41, 5.74) is 2.10. The quantitative estimate of drug-likeness (QED) is 0.907. The molecule has 3 rings (SSSR count). The SMILES string of the molecule is CC1(C)CC1(C(=O)O)c1ccccc1-c1ccccc1. The highest BCUT2D eigenvalue weighted by Gasteiger charge is 2.68. The first-order valence-electron chi connectivity index (χ1n) is 6.87. The molecule has 2 heteroatoms. The van der Waals surface area contributed by atoms with E-state index in [1.54, 1.807) is 0 Å². The van der Waals surface area contributed by atoms with Gasteiger partial charge in [0.05, 0.1) is 5.41 Å². The molecule has 20 heavy (non-hydrogen) atoms. The zero-order valence-electron chi connectivity index (χ0n) is 11.8. The summed E-state index contributed by atoms with van der Waals surface area (Å²) in [7, 11) is 0. The van der Waals surface area contributed by atoms with E-state index in [1.807, 2.05) is 68.4 Å². The highest BCUT2D eigenvalue weighted by atomic mass is 16.4. The van der Waals surface area contributed by atoms with Gasteiger partial charge in [-0.15, -0.1) is 0 Å². The maximum absolute atomic E-state index is 11.9. The molecule has 102 valence electrons. The second-order valence-electron chi connectivity index (χ2n) is 6.18. The first-order valence-corrected chi connectivity index (χ1v) is 6.87. The van der Waals surface area contributed by atoms with Gasteiger partial charge in [0.1, 0.15) is 0 Å². The Labute approximate surface area is 119 Å². The van der Waals surface area contributed by atoms with Crippen molar-refractivity contribution in [2.24, 2.45) is 5.41 Å². The average Bonchev–Trinajstić information content (AvgIpc) is 3.04. The van der Waals surface area contributed by atoms with Gasteiger partial charge in [-0.05, 0) is 28.5 Å². The summed E-state index contributed by atoms with van der Waals surface area (Å²) in [5, 5.41) is 9.76. The number of rotatable bonds is 3. The molecular formula is C18H18O2. The molecule has 1 aliphatic carbocycles. The van der Waals surface area contributed by atoms with Crippen molar-refractivity contribution < 1.29 is 9.90 Å². The number of carbonyl (C=O) groups is 1. The molecule has 0 saturated heterocycles. The highest BCUT2D eigenvalue weighted by molar-refractivity contribution is 5.90. The molecule has 1 N–H and O–H groups in total.